The molecule has 31 heavy (non-hydrogen) atoms. The molecule has 160 valence electrons. The van der Waals surface area contributed by atoms with Gasteiger partial charge in [0.2, 0.25) is 0 Å². The lowest BCUT2D eigenvalue weighted by Crippen LogP contribution is -3.15. The summed E-state index contributed by atoms with van der Waals surface area (Å²) in [6, 6.07) is 21.1. The molecule has 1 atom stereocenters. The van der Waals surface area contributed by atoms with Crippen molar-refractivity contribution in [2.45, 2.75) is 13.0 Å². The van der Waals surface area contributed by atoms with Crippen LogP contribution in [0.1, 0.15) is 18.5 Å². The minimum absolute atomic E-state index is 0.0436. The molecule has 7 heteroatoms. The summed E-state index contributed by atoms with van der Waals surface area (Å²) in [4.78, 5) is 26.5. The molecular formula is C24H27N4O3+. The molecule has 1 aliphatic rings. The molecule has 1 fully saturated rings. The zero-order valence-electron chi connectivity index (χ0n) is 17.6. The van der Waals surface area contributed by atoms with Crippen molar-refractivity contribution in [2.24, 2.45) is 0 Å². The van der Waals surface area contributed by atoms with Crippen molar-refractivity contribution in [1.29, 1.82) is 0 Å². The van der Waals surface area contributed by atoms with Crippen molar-refractivity contribution in [1.82, 2.24) is 5.32 Å². The van der Waals surface area contributed by atoms with E-state index in [0.29, 0.717) is 6.54 Å². The van der Waals surface area contributed by atoms with Crippen LogP contribution in [0.5, 0.6) is 0 Å². The lowest BCUT2D eigenvalue weighted by atomic mass is 10.0. The van der Waals surface area contributed by atoms with Gasteiger partial charge in [0.05, 0.1) is 37.1 Å². The summed E-state index contributed by atoms with van der Waals surface area (Å²) in [6.07, 6.45) is 0. The molecule has 1 saturated heterocycles. The molecule has 3 aromatic carbocycles. The fourth-order valence-corrected chi connectivity index (χ4v) is 4.12. The molecule has 0 bridgehead atoms. The molecule has 0 aromatic heterocycles. The Hall–Kier alpha value is -3.45. The number of carbonyl (C=O) groups is 1. The van der Waals surface area contributed by atoms with Gasteiger partial charge in [-0.1, -0.05) is 36.4 Å². The van der Waals surface area contributed by atoms with E-state index in [2.05, 4.69) is 40.5 Å². The van der Waals surface area contributed by atoms with Crippen LogP contribution in [0.3, 0.4) is 0 Å². The first kappa shape index (κ1) is 20.8. The minimum atomic E-state index is -0.386. The maximum atomic E-state index is 12.6. The number of amides is 1. The number of nitrogens with one attached hydrogen (secondary N) is 2. The van der Waals surface area contributed by atoms with E-state index in [0.717, 1.165) is 37.4 Å². The van der Waals surface area contributed by atoms with E-state index < -0.39 is 0 Å². The van der Waals surface area contributed by atoms with E-state index in [4.69, 9.17) is 0 Å². The van der Waals surface area contributed by atoms with Gasteiger partial charge in [-0.2, -0.15) is 0 Å². The number of benzene rings is 3. The van der Waals surface area contributed by atoms with Crippen LogP contribution in [0.25, 0.3) is 10.8 Å². The third-order valence-corrected chi connectivity index (χ3v) is 5.96. The van der Waals surface area contributed by atoms with Crippen LogP contribution >= 0.6 is 0 Å². The smallest absolute Gasteiger partial charge is 0.275 e. The summed E-state index contributed by atoms with van der Waals surface area (Å²) in [5, 5.41) is 16.3. The second kappa shape index (κ2) is 9.14. The van der Waals surface area contributed by atoms with E-state index in [1.807, 2.05) is 19.1 Å². The van der Waals surface area contributed by atoms with Crippen LogP contribution in [-0.4, -0.2) is 43.6 Å². The van der Waals surface area contributed by atoms with Crippen LogP contribution in [0.4, 0.5) is 11.4 Å². The quantitative estimate of drug-likeness (QED) is 0.475. The number of fused-ring (bicyclic) bond motifs is 1. The summed E-state index contributed by atoms with van der Waals surface area (Å²) in [5.74, 6) is 0.0550. The molecule has 7 nitrogen and oxygen atoms in total. The maximum absolute atomic E-state index is 12.6. The van der Waals surface area contributed by atoms with Crippen LogP contribution < -0.4 is 15.1 Å². The van der Waals surface area contributed by atoms with Gasteiger partial charge in [-0.25, -0.2) is 0 Å². The van der Waals surface area contributed by atoms with Gasteiger partial charge in [-0.15, -0.1) is 0 Å². The van der Waals surface area contributed by atoms with Crippen molar-refractivity contribution in [3.63, 3.8) is 0 Å². The first-order chi connectivity index (χ1) is 15.0. The third kappa shape index (κ3) is 5.00. The normalized spacial score (nSPS) is 15.6. The first-order valence-corrected chi connectivity index (χ1v) is 10.6. The number of rotatable bonds is 6. The van der Waals surface area contributed by atoms with Gasteiger partial charge in [0.25, 0.3) is 11.6 Å². The number of hydrogen-bond donors (Lipinski definition) is 2. The van der Waals surface area contributed by atoms with Crippen molar-refractivity contribution in [3.8, 4) is 0 Å². The Balaban J connectivity index is 1.28. The Kier molecular flexibility index (Phi) is 6.13. The van der Waals surface area contributed by atoms with Gasteiger partial charge >= 0.3 is 0 Å². The van der Waals surface area contributed by atoms with Crippen molar-refractivity contribution >= 4 is 28.1 Å². The first-order valence-electron chi connectivity index (χ1n) is 10.6. The predicted molar refractivity (Wildman–Crippen MR) is 121 cm³/mol. The predicted octanol–water partition coefficient (Wildman–Crippen LogP) is 2.33. The van der Waals surface area contributed by atoms with E-state index >= 15 is 0 Å². The monoisotopic (exact) mass is 419 g/mol. The average Bonchev–Trinajstić information content (AvgIpc) is 2.79. The Labute approximate surface area is 181 Å². The van der Waals surface area contributed by atoms with Gasteiger partial charge < -0.3 is 15.1 Å². The SMILES string of the molecule is C[C@@H](NC(=O)C[NH+]1CCN(c2ccc([N+](=O)[O-])cc2)CC1)c1ccc2ccccc2c1. The van der Waals surface area contributed by atoms with Crippen LogP contribution in [0.2, 0.25) is 0 Å². The average molecular weight is 420 g/mol. The minimum Gasteiger partial charge on any atom is -0.360 e. The number of nitrogens with zero attached hydrogens (tertiary/aromatic N) is 2. The third-order valence-electron chi connectivity index (χ3n) is 5.96. The zero-order valence-corrected chi connectivity index (χ0v) is 17.6. The van der Waals surface area contributed by atoms with Crippen LogP contribution in [-0.2, 0) is 4.79 Å². The van der Waals surface area contributed by atoms with E-state index in [-0.39, 0.29) is 22.6 Å². The van der Waals surface area contributed by atoms with Crippen LogP contribution in [0.15, 0.2) is 66.7 Å². The summed E-state index contributed by atoms with van der Waals surface area (Å²) >= 11 is 0. The number of quaternary nitrogens is 1. The lowest BCUT2D eigenvalue weighted by Gasteiger charge is -2.33. The van der Waals surface area contributed by atoms with E-state index in [9.17, 15) is 14.9 Å². The summed E-state index contributed by atoms with van der Waals surface area (Å²) in [7, 11) is 0. The van der Waals surface area contributed by atoms with E-state index in [1.54, 1.807) is 12.1 Å². The topological polar surface area (TPSA) is 79.9 Å². The highest BCUT2D eigenvalue weighted by Crippen LogP contribution is 2.20. The summed E-state index contributed by atoms with van der Waals surface area (Å²) < 4.78 is 0. The Bertz CT molecular complexity index is 1080. The number of non-ortho nitro benzene ring substituents is 1. The molecule has 3 aromatic rings. The standard InChI is InChI=1S/C24H26N4O3/c1-18(20-7-6-19-4-2-3-5-21(19)16-20)25-24(29)17-26-12-14-27(15-13-26)22-8-10-23(11-9-22)28(30)31/h2-11,16,18H,12-15,17H2,1H3,(H,25,29)/p+1/t18-/m1/s1. The van der Waals surface area contributed by atoms with Crippen molar-refractivity contribution in [3.05, 3.63) is 82.4 Å². The number of nitro groups is 1. The number of piperazine rings is 1. The highest BCUT2D eigenvalue weighted by Gasteiger charge is 2.23. The molecular weight excluding hydrogens is 392 g/mol. The number of carbonyl (C=O) groups excluding carboxylic acids is 1. The molecule has 1 amide bonds. The Morgan fingerprint density at radius 2 is 1.74 bits per heavy atom. The largest absolute Gasteiger partial charge is 0.360 e. The molecule has 1 aliphatic heterocycles. The molecule has 2 N–H and O–H groups in total. The molecule has 4 rings (SSSR count). The molecule has 0 unspecified atom stereocenters. The second-order valence-corrected chi connectivity index (χ2v) is 8.08. The maximum Gasteiger partial charge on any atom is 0.275 e. The molecule has 0 spiro atoms. The summed E-state index contributed by atoms with van der Waals surface area (Å²) in [5.41, 5.74) is 2.19. The van der Waals surface area contributed by atoms with Gasteiger partial charge in [0.1, 0.15) is 0 Å². The Morgan fingerprint density at radius 1 is 1.06 bits per heavy atom. The van der Waals surface area contributed by atoms with Crippen LogP contribution in [0, 0.1) is 10.1 Å². The second-order valence-electron chi connectivity index (χ2n) is 8.08. The van der Waals surface area contributed by atoms with Gasteiger partial charge in [0, 0.05) is 17.8 Å². The van der Waals surface area contributed by atoms with Gasteiger partial charge in [-0.05, 0) is 41.5 Å². The van der Waals surface area contributed by atoms with Crippen molar-refractivity contribution in [2.75, 3.05) is 37.6 Å². The molecule has 0 radical (unpaired) electrons. The Morgan fingerprint density at radius 3 is 2.42 bits per heavy atom. The zero-order chi connectivity index (χ0) is 21.8. The lowest BCUT2D eigenvalue weighted by molar-refractivity contribution is -0.892. The van der Waals surface area contributed by atoms with Gasteiger partial charge in [-0.3, -0.25) is 14.9 Å². The van der Waals surface area contributed by atoms with Gasteiger partial charge in [0.15, 0.2) is 6.54 Å². The highest BCUT2D eigenvalue weighted by molar-refractivity contribution is 5.83. The number of anilines is 1. The fraction of sp³-hybridized carbons (Fsp3) is 0.292. The van der Waals surface area contributed by atoms with Crippen molar-refractivity contribution < 1.29 is 14.6 Å². The number of hydrogen-bond acceptors (Lipinski definition) is 4. The fourth-order valence-electron chi connectivity index (χ4n) is 4.12. The highest BCUT2D eigenvalue weighted by atomic mass is 16.6. The molecule has 0 aliphatic carbocycles. The molecule has 1 heterocycles. The molecule has 0 saturated carbocycles. The summed E-state index contributed by atoms with van der Waals surface area (Å²) in [6.45, 7) is 5.82. The number of nitro benzene ring substituents is 1. The van der Waals surface area contributed by atoms with E-state index in [1.165, 1.54) is 27.8 Å².